The first-order valence-electron chi connectivity index (χ1n) is 7.83. The van der Waals surface area contributed by atoms with Gasteiger partial charge in [-0.15, -0.1) is 0 Å². The van der Waals surface area contributed by atoms with E-state index in [0.717, 1.165) is 24.8 Å². The second-order valence-corrected chi connectivity index (χ2v) is 6.09. The van der Waals surface area contributed by atoms with E-state index in [1.54, 1.807) is 0 Å². The number of nitrogens with two attached hydrogens (primary N) is 1. The smallest absolute Gasteiger partial charge is 0.140 e. The van der Waals surface area contributed by atoms with E-state index in [9.17, 15) is 4.79 Å². The Morgan fingerprint density at radius 3 is 2.52 bits per heavy atom. The van der Waals surface area contributed by atoms with E-state index in [0.29, 0.717) is 12.2 Å². The summed E-state index contributed by atoms with van der Waals surface area (Å²) < 4.78 is 0. The van der Waals surface area contributed by atoms with Crippen LogP contribution in [0.3, 0.4) is 0 Å². The van der Waals surface area contributed by atoms with Crippen LogP contribution in [0.5, 0.6) is 0 Å². The van der Waals surface area contributed by atoms with Gasteiger partial charge in [0.15, 0.2) is 0 Å². The van der Waals surface area contributed by atoms with E-state index in [4.69, 9.17) is 5.73 Å². The van der Waals surface area contributed by atoms with Crippen molar-refractivity contribution in [2.45, 2.75) is 45.6 Å². The minimum absolute atomic E-state index is 0.114. The van der Waals surface area contributed by atoms with Crippen molar-refractivity contribution in [3.63, 3.8) is 0 Å². The molecule has 2 heteroatoms. The molecule has 2 rings (SSSR count). The zero-order valence-electron chi connectivity index (χ0n) is 13.0. The Morgan fingerprint density at radius 1 is 1.05 bits per heavy atom. The molecule has 0 aliphatic heterocycles. The summed E-state index contributed by atoms with van der Waals surface area (Å²) in [6.07, 6.45) is 3.48. The molecule has 0 aliphatic carbocycles. The quantitative estimate of drug-likeness (QED) is 0.831. The molecule has 2 N–H and O–H groups in total. The van der Waals surface area contributed by atoms with Crippen LogP contribution in [0.15, 0.2) is 42.5 Å². The third kappa shape index (κ3) is 4.40. The molecule has 0 amide bonds. The normalized spacial score (nSPS) is 14.0. The Morgan fingerprint density at radius 2 is 1.76 bits per heavy atom. The fourth-order valence-electron chi connectivity index (χ4n) is 2.72. The molecule has 2 atom stereocenters. The van der Waals surface area contributed by atoms with Crippen LogP contribution >= 0.6 is 0 Å². The molecule has 0 aliphatic rings. The molecule has 0 heterocycles. The molecule has 2 aromatic rings. The van der Waals surface area contributed by atoms with E-state index < -0.39 is 0 Å². The van der Waals surface area contributed by atoms with Crippen molar-refractivity contribution in [1.29, 1.82) is 0 Å². The number of Topliss-reactive ketones (excluding diaryl/α,β-unsaturated/α-hetero) is 1. The molecule has 2 nitrogen and oxygen atoms in total. The van der Waals surface area contributed by atoms with Gasteiger partial charge >= 0.3 is 0 Å². The summed E-state index contributed by atoms with van der Waals surface area (Å²) in [7, 11) is 0. The Balaban J connectivity index is 2.01. The minimum Gasteiger partial charge on any atom is -0.328 e. The molecule has 2 unspecified atom stereocenters. The van der Waals surface area contributed by atoms with Gasteiger partial charge in [-0.25, -0.2) is 0 Å². The number of hydrogen-bond donors (Lipinski definition) is 1. The van der Waals surface area contributed by atoms with Gasteiger partial charge in [0.2, 0.25) is 0 Å². The van der Waals surface area contributed by atoms with Crippen molar-refractivity contribution in [2.75, 3.05) is 0 Å². The highest BCUT2D eigenvalue weighted by Crippen LogP contribution is 2.21. The number of hydrogen-bond acceptors (Lipinski definition) is 2. The maximum Gasteiger partial charge on any atom is 0.140 e. The monoisotopic (exact) mass is 283 g/mol. The van der Waals surface area contributed by atoms with Crippen LogP contribution in [0.4, 0.5) is 0 Å². The van der Waals surface area contributed by atoms with E-state index in [2.05, 4.69) is 24.3 Å². The fourth-order valence-corrected chi connectivity index (χ4v) is 2.72. The molecule has 0 fully saturated rings. The highest BCUT2D eigenvalue weighted by Gasteiger charge is 2.14. The maximum atomic E-state index is 12.4. The average Bonchev–Trinajstić information content (AvgIpc) is 2.47. The molecular formula is C19H25NO. The van der Waals surface area contributed by atoms with E-state index >= 15 is 0 Å². The Bertz CT molecular complexity index is 598. The first kappa shape index (κ1) is 15.7. The Labute approximate surface area is 127 Å². The third-order valence-electron chi connectivity index (χ3n) is 4.09. The molecule has 0 saturated heterocycles. The number of ketones is 1. The summed E-state index contributed by atoms with van der Waals surface area (Å²) in [5.41, 5.74) is 6.89. The molecule has 0 radical (unpaired) electrons. The molecule has 0 aromatic heterocycles. The van der Waals surface area contributed by atoms with Crippen LogP contribution in [0.2, 0.25) is 0 Å². The number of carbonyl (C=O) groups is 1. The van der Waals surface area contributed by atoms with E-state index in [1.165, 1.54) is 10.8 Å². The van der Waals surface area contributed by atoms with Crippen LogP contribution in [-0.4, -0.2) is 11.8 Å². The van der Waals surface area contributed by atoms with Crippen molar-refractivity contribution in [1.82, 2.24) is 0 Å². The van der Waals surface area contributed by atoms with Crippen molar-refractivity contribution < 1.29 is 4.79 Å². The molecule has 0 spiro atoms. The maximum absolute atomic E-state index is 12.4. The summed E-state index contributed by atoms with van der Waals surface area (Å²) >= 11 is 0. The highest BCUT2D eigenvalue weighted by molar-refractivity contribution is 5.91. The second kappa shape index (κ2) is 7.37. The zero-order valence-corrected chi connectivity index (χ0v) is 13.0. The summed E-state index contributed by atoms with van der Waals surface area (Å²) in [5, 5.41) is 2.39. The van der Waals surface area contributed by atoms with Gasteiger partial charge in [-0.2, -0.15) is 0 Å². The lowest BCUT2D eigenvalue weighted by Gasteiger charge is -2.12. The second-order valence-electron chi connectivity index (χ2n) is 6.09. The predicted molar refractivity (Wildman–Crippen MR) is 89.3 cm³/mol. The lowest BCUT2D eigenvalue weighted by Crippen LogP contribution is -2.17. The summed E-state index contributed by atoms with van der Waals surface area (Å²) in [4.78, 5) is 12.4. The van der Waals surface area contributed by atoms with Gasteiger partial charge in [0.25, 0.3) is 0 Å². The largest absolute Gasteiger partial charge is 0.328 e. The van der Waals surface area contributed by atoms with Gasteiger partial charge in [0.05, 0.1) is 0 Å². The molecule has 0 bridgehead atoms. The van der Waals surface area contributed by atoms with E-state index in [-0.39, 0.29) is 12.0 Å². The van der Waals surface area contributed by atoms with Crippen molar-refractivity contribution in [3.8, 4) is 0 Å². The SMILES string of the molecule is CC(N)CCCC(C)C(=O)Cc1cccc2ccccc12. The average molecular weight is 283 g/mol. The molecule has 21 heavy (non-hydrogen) atoms. The van der Waals surface area contributed by atoms with Gasteiger partial charge in [0.1, 0.15) is 5.78 Å². The van der Waals surface area contributed by atoms with Crippen LogP contribution in [-0.2, 0) is 11.2 Å². The van der Waals surface area contributed by atoms with Crippen LogP contribution in [0, 0.1) is 5.92 Å². The van der Waals surface area contributed by atoms with Gasteiger partial charge < -0.3 is 5.73 Å². The van der Waals surface area contributed by atoms with Crippen LogP contribution < -0.4 is 5.73 Å². The van der Waals surface area contributed by atoms with E-state index in [1.807, 2.05) is 32.0 Å². The Hall–Kier alpha value is -1.67. The summed E-state index contributed by atoms with van der Waals surface area (Å²) in [5.74, 6) is 0.443. The van der Waals surface area contributed by atoms with Gasteiger partial charge in [-0.3, -0.25) is 4.79 Å². The minimum atomic E-state index is 0.114. The zero-order chi connectivity index (χ0) is 15.2. The molecular weight excluding hydrogens is 258 g/mol. The number of fused-ring (bicyclic) bond motifs is 1. The first-order chi connectivity index (χ1) is 10.1. The van der Waals surface area contributed by atoms with Crippen molar-refractivity contribution in [3.05, 3.63) is 48.0 Å². The summed E-state index contributed by atoms with van der Waals surface area (Å²) in [6.45, 7) is 4.05. The predicted octanol–water partition coefficient (Wildman–Crippen LogP) is 4.11. The fraction of sp³-hybridized carbons (Fsp3) is 0.421. The first-order valence-corrected chi connectivity index (χ1v) is 7.83. The molecule has 0 saturated carbocycles. The Kier molecular flexibility index (Phi) is 5.51. The number of carbonyl (C=O) groups excluding carboxylic acids is 1. The van der Waals surface area contributed by atoms with Crippen LogP contribution in [0.1, 0.15) is 38.7 Å². The van der Waals surface area contributed by atoms with Gasteiger partial charge in [-0.1, -0.05) is 55.8 Å². The van der Waals surface area contributed by atoms with Crippen molar-refractivity contribution >= 4 is 16.6 Å². The van der Waals surface area contributed by atoms with Crippen molar-refractivity contribution in [2.24, 2.45) is 11.7 Å². The summed E-state index contributed by atoms with van der Waals surface area (Å²) in [6, 6.07) is 14.7. The molecule has 2 aromatic carbocycles. The molecule has 112 valence electrons. The van der Waals surface area contributed by atoms with Gasteiger partial charge in [0, 0.05) is 18.4 Å². The number of rotatable bonds is 7. The lowest BCUT2D eigenvalue weighted by atomic mass is 9.92. The van der Waals surface area contributed by atoms with Crippen LogP contribution in [0.25, 0.3) is 10.8 Å². The standard InChI is InChI=1S/C19H25NO/c1-14(7-5-8-15(2)20)19(21)13-17-11-6-10-16-9-3-4-12-18(16)17/h3-4,6,9-12,14-15H,5,7-8,13,20H2,1-2H3. The lowest BCUT2D eigenvalue weighted by molar-refractivity contribution is -0.121. The third-order valence-corrected chi connectivity index (χ3v) is 4.09. The van der Waals surface area contributed by atoms with Gasteiger partial charge in [-0.05, 0) is 36.1 Å². The number of benzene rings is 2. The topological polar surface area (TPSA) is 43.1 Å². The highest BCUT2D eigenvalue weighted by atomic mass is 16.1.